The van der Waals surface area contributed by atoms with E-state index in [1.165, 1.54) is 17.3 Å². The molecular formula is C25H26ClN3OS. The number of amides is 1. The molecule has 2 aromatic rings. The molecule has 2 aliphatic heterocycles. The summed E-state index contributed by atoms with van der Waals surface area (Å²) in [5.41, 5.74) is 6.16. The number of para-hydroxylation sites is 1. The number of nitrogens with one attached hydrogen (secondary N) is 1. The quantitative estimate of drug-likeness (QED) is 0.537. The topological polar surface area (TPSA) is 44.7 Å². The number of amidine groups is 1. The Morgan fingerprint density at radius 2 is 1.97 bits per heavy atom. The molecule has 1 amide bonds. The van der Waals surface area contributed by atoms with Gasteiger partial charge in [-0.05, 0) is 87.4 Å². The maximum Gasteiger partial charge on any atom is 0.264 e. The van der Waals surface area contributed by atoms with Crippen molar-refractivity contribution in [1.82, 2.24) is 5.32 Å². The van der Waals surface area contributed by atoms with Gasteiger partial charge in [-0.1, -0.05) is 35.9 Å². The fourth-order valence-electron chi connectivity index (χ4n) is 4.22. The van der Waals surface area contributed by atoms with Crippen LogP contribution in [0.3, 0.4) is 0 Å². The molecule has 0 radical (unpaired) electrons. The second kappa shape index (κ2) is 8.21. The van der Waals surface area contributed by atoms with E-state index in [1.807, 2.05) is 43.3 Å². The molecule has 2 heterocycles. The lowest BCUT2D eigenvalue weighted by atomic mass is 9.88. The number of aryl methyl sites for hydroxylation is 1. The Kier molecular flexibility index (Phi) is 5.75. The number of thioether (sulfide) groups is 1. The number of hydrogen-bond acceptors (Lipinski definition) is 4. The van der Waals surface area contributed by atoms with Gasteiger partial charge in [0.2, 0.25) is 0 Å². The molecule has 0 aromatic heterocycles. The summed E-state index contributed by atoms with van der Waals surface area (Å²) in [7, 11) is 0. The van der Waals surface area contributed by atoms with Crippen LogP contribution in [0.5, 0.6) is 0 Å². The lowest BCUT2D eigenvalue weighted by Gasteiger charge is -2.43. The van der Waals surface area contributed by atoms with Gasteiger partial charge in [-0.2, -0.15) is 0 Å². The molecule has 6 heteroatoms. The number of fused-ring (bicyclic) bond motifs is 1. The number of hydrogen-bond donors (Lipinski definition) is 1. The Balaban J connectivity index is 1.69. The molecule has 31 heavy (non-hydrogen) atoms. The van der Waals surface area contributed by atoms with Crippen molar-refractivity contribution < 1.29 is 4.79 Å². The Morgan fingerprint density at radius 1 is 1.23 bits per heavy atom. The third-order valence-electron chi connectivity index (χ3n) is 5.69. The predicted octanol–water partition coefficient (Wildman–Crippen LogP) is 6.56. The van der Waals surface area contributed by atoms with Crippen molar-refractivity contribution in [1.29, 1.82) is 0 Å². The van der Waals surface area contributed by atoms with Crippen LogP contribution in [-0.2, 0) is 4.79 Å². The molecule has 0 aliphatic carbocycles. The summed E-state index contributed by atoms with van der Waals surface area (Å²) >= 11 is 8.01. The van der Waals surface area contributed by atoms with Gasteiger partial charge in [0.1, 0.15) is 0 Å². The Hall–Kier alpha value is -2.50. The smallest absolute Gasteiger partial charge is 0.264 e. The maximum atomic E-state index is 12.6. The fraction of sp³-hybridized carbons (Fsp3) is 0.280. The van der Waals surface area contributed by atoms with Crippen molar-refractivity contribution in [2.24, 2.45) is 4.99 Å². The summed E-state index contributed by atoms with van der Waals surface area (Å²) < 4.78 is 0. The number of benzene rings is 2. The highest BCUT2D eigenvalue weighted by Crippen LogP contribution is 2.42. The summed E-state index contributed by atoms with van der Waals surface area (Å²) in [6, 6.07) is 12.0. The molecule has 0 atom stereocenters. The molecule has 0 bridgehead atoms. The SMILES string of the molecule is CCN1c2cc(Cl)c(/C=C3/SC(=Nc4ccccc4C)NC3=O)cc2C(C)=CC1(C)C. The molecule has 1 fully saturated rings. The first-order valence-corrected chi connectivity index (χ1v) is 11.6. The van der Waals surface area contributed by atoms with Crippen LogP contribution in [0.15, 0.2) is 52.4 Å². The van der Waals surface area contributed by atoms with Gasteiger partial charge in [0.15, 0.2) is 5.17 Å². The van der Waals surface area contributed by atoms with Crippen LogP contribution >= 0.6 is 23.4 Å². The van der Waals surface area contributed by atoms with Crippen LogP contribution < -0.4 is 10.2 Å². The minimum atomic E-state index is -0.158. The molecule has 2 aromatic carbocycles. The van der Waals surface area contributed by atoms with Crippen molar-refractivity contribution in [3.63, 3.8) is 0 Å². The lowest BCUT2D eigenvalue weighted by Crippen LogP contribution is -2.44. The molecule has 4 nitrogen and oxygen atoms in total. The van der Waals surface area contributed by atoms with Gasteiger partial charge in [0.25, 0.3) is 5.91 Å². The van der Waals surface area contributed by atoms with Gasteiger partial charge in [-0.25, -0.2) is 4.99 Å². The van der Waals surface area contributed by atoms with Crippen molar-refractivity contribution in [2.45, 2.75) is 40.2 Å². The van der Waals surface area contributed by atoms with Crippen molar-refractivity contribution in [3.8, 4) is 0 Å². The van der Waals surface area contributed by atoms with Crippen LogP contribution in [0, 0.1) is 6.92 Å². The van der Waals surface area contributed by atoms with E-state index in [0.29, 0.717) is 15.1 Å². The van der Waals surface area contributed by atoms with Crippen molar-refractivity contribution in [2.75, 3.05) is 11.4 Å². The highest BCUT2D eigenvalue weighted by molar-refractivity contribution is 8.18. The average molecular weight is 452 g/mol. The minimum absolute atomic E-state index is 0.0722. The molecule has 4 rings (SSSR count). The number of likely N-dealkylation sites (N-methyl/N-ethyl adjacent to an activating group) is 1. The molecule has 0 saturated carbocycles. The van der Waals surface area contributed by atoms with Gasteiger partial charge in [-0.3, -0.25) is 4.79 Å². The monoisotopic (exact) mass is 451 g/mol. The van der Waals surface area contributed by atoms with E-state index in [9.17, 15) is 4.79 Å². The summed E-state index contributed by atoms with van der Waals surface area (Å²) in [5.74, 6) is -0.158. The first-order chi connectivity index (χ1) is 14.7. The Morgan fingerprint density at radius 3 is 2.68 bits per heavy atom. The third kappa shape index (κ3) is 4.17. The number of rotatable bonds is 3. The second-order valence-electron chi connectivity index (χ2n) is 8.38. The molecule has 1 saturated heterocycles. The lowest BCUT2D eigenvalue weighted by molar-refractivity contribution is -0.115. The zero-order chi connectivity index (χ0) is 22.3. The number of anilines is 1. The summed E-state index contributed by atoms with van der Waals surface area (Å²) in [6.07, 6.45) is 4.14. The number of halogens is 1. The van der Waals surface area contributed by atoms with E-state index in [4.69, 9.17) is 11.6 Å². The van der Waals surface area contributed by atoms with Gasteiger partial charge < -0.3 is 10.2 Å². The van der Waals surface area contributed by atoms with E-state index in [0.717, 1.165) is 34.6 Å². The molecule has 160 valence electrons. The van der Waals surface area contributed by atoms with Crippen LogP contribution in [0.2, 0.25) is 5.02 Å². The summed E-state index contributed by atoms with van der Waals surface area (Å²) in [5, 5.41) is 4.07. The zero-order valence-electron chi connectivity index (χ0n) is 18.4. The van der Waals surface area contributed by atoms with Crippen molar-refractivity contribution >= 4 is 57.5 Å². The van der Waals surface area contributed by atoms with E-state index in [-0.39, 0.29) is 11.4 Å². The van der Waals surface area contributed by atoms with Gasteiger partial charge in [-0.15, -0.1) is 0 Å². The number of carbonyl (C=O) groups excluding carboxylic acids is 1. The maximum absolute atomic E-state index is 12.6. The summed E-state index contributed by atoms with van der Waals surface area (Å²) in [6.45, 7) is 11.6. The molecule has 0 unspecified atom stereocenters. The van der Waals surface area contributed by atoms with E-state index >= 15 is 0 Å². The van der Waals surface area contributed by atoms with Crippen LogP contribution in [0.4, 0.5) is 11.4 Å². The Labute approximate surface area is 193 Å². The largest absolute Gasteiger partial charge is 0.363 e. The molecule has 0 spiro atoms. The molecule has 2 aliphatic rings. The highest BCUT2D eigenvalue weighted by atomic mass is 35.5. The fourth-order valence-corrected chi connectivity index (χ4v) is 5.26. The van der Waals surface area contributed by atoms with E-state index < -0.39 is 0 Å². The summed E-state index contributed by atoms with van der Waals surface area (Å²) in [4.78, 5) is 20.1. The third-order valence-corrected chi connectivity index (χ3v) is 6.92. The minimum Gasteiger partial charge on any atom is -0.363 e. The molecule has 1 N–H and O–H groups in total. The van der Waals surface area contributed by atoms with E-state index in [2.05, 4.69) is 55.0 Å². The number of allylic oxidation sites excluding steroid dienone is 1. The van der Waals surface area contributed by atoms with Crippen LogP contribution in [0.1, 0.15) is 44.4 Å². The Bertz CT molecular complexity index is 1160. The van der Waals surface area contributed by atoms with Gasteiger partial charge in [0, 0.05) is 22.8 Å². The molecular weight excluding hydrogens is 426 g/mol. The number of aliphatic imine (C=N–C) groups is 1. The zero-order valence-corrected chi connectivity index (χ0v) is 20.0. The highest BCUT2D eigenvalue weighted by Gasteiger charge is 2.31. The second-order valence-corrected chi connectivity index (χ2v) is 9.82. The first kappa shape index (κ1) is 21.7. The first-order valence-electron chi connectivity index (χ1n) is 10.4. The number of carbonyl (C=O) groups is 1. The predicted molar refractivity (Wildman–Crippen MR) is 134 cm³/mol. The van der Waals surface area contributed by atoms with Gasteiger partial charge >= 0.3 is 0 Å². The van der Waals surface area contributed by atoms with Gasteiger partial charge in [0.05, 0.1) is 16.1 Å². The average Bonchev–Trinajstić information content (AvgIpc) is 3.03. The van der Waals surface area contributed by atoms with E-state index in [1.54, 1.807) is 0 Å². The van der Waals surface area contributed by atoms with Crippen LogP contribution in [0.25, 0.3) is 11.6 Å². The normalized spacial score (nSPS) is 20.1. The standard InChI is InChI=1S/C25H26ClN3OS/c1-6-29-21-13-19(26)17(11-18(21)16(3)14-25(29,4)5)12-22-23(30)28-24(31-22)27-20-10-8-7-9-15(20)2/h7-14H,6H2,1-5H3,(H,27,28,30)/b22-12+. The van der Waals surface area contributed by atoms with Crippen LogP contribution in [-0.4, -0.2) is 23.2 Å². The number of nitrogens with zero attached hydrogens (tertiary/aromatic N) is 2. The van der Waals surface area contributed by atoms with Crippen molar-refractivity contribution in [3.05, 3.63) is 69.1 Å².